The smallest absolute Gasteiger partial charge is 0.0591 e. The molecule has 1 fully saturated rings. The van der Waals surface area contributed by atoms with E-state index >= 15 is 0 Å². The van der Waals surface area contributed by atoms with Gasteiger partial charge in [-0.1, -0.05) is 26.7 Å². The van der Waals surface area contributed by atoms with Crippen molar-refractivity contribution in [2.24, 2.45) is 11.8 Å². The van der Waals surface area contributed by atoms with Crippen molar-refractivity contribution in [3.05, 3.63) is 0 Å². The van der Waals surface area contributed by atoms with Gasteiger partial charge in [0.1, 0.15) is 0 Å². The molecule has 0 spiro atoms. The van der Waals surface area contributed by atoms with Gasteiger partial charge in [0, 0.05) is 0 Å². The Kier molecular flexibility index (Phi) is 2.72. The average molecular weight is 142 g/mol. The summed E-state index contributed by atoms with van der Waals surface area (Å²) < 4.78 is 0. The van der Waals surface area contributed by atoms with E-state index in [2.05, 4.69) is 13.8 Å². The van der Waals surface area contributed by atoms with Crippen LogP contribution in [0.4, 0.5) is 0 Å². The van der Waals surface area contributed by atoms with E-state index in [9.17, 15) is 5.11 Å². The molecule has 1 aliphatic rings. The van der Waals surface area contributed by atoms with Crippen LogP contribution in [-0.4, -0.2) is 11.2 Å². The van der Waals surface area contributed by atoms with Crippen molar-refractivity contribution in [3.63, 3.8) is 0 Å². The lowest BCUT2D eigenvalue weighted by atomic mass is 9.92. The Bertz CT molecular complexity index is 92.9. The van der Waals surface area contributed by atoms with Gasteiger partial charge < -0.3 is 5.11 Å². The first kappa shape index (κ1) is 8.06. The lowest BCUT2D eigenvalue weighted by molar-refractivity contribution is 0.0673. The van der Waals surface area contributed by atoms with Crippen LogP contribution in [0.5, 0.6) is 0 Å². The molecule has 1 N–H and O–H groups in total. The minimum atomic E-state index is -0.0394. The minimum Gasteiger partial charge on any atom is -0.393 e. The predicted octanol–water partition coefficient (Wildman–Crippen LogP) is 2.19. The highest BCUT2D eigenvalue weighted by Gasteiger charge is 2.24. The van der Waals surface area contributed by atoms with Gasteiger partial charge in [-0.2, -0.15) is 0 Å². The predicted molar refractivity (Wildman–Crippen MR) is 42.8 cm³/mol. The van der Waals surface area contributed by atoms with E-state index in [0.29, 0.717) is 11.8 Å². The quantitative estimate of drug-likeness (QED) is 0.626. The minimum absolute atomic E-state index is 0.0394. The number of hydrogen-bond donors (Lipinski definition) is 1. The number of aliphatic hydroxyl groups excluding tert-OH is 1. The van der Waals surface area contributed by atoms with Crippen molar-refractivity contribution >= 4 is 0 Å². The first-order valence-electron chi connectivity index (χ1n) is 4.40. The third-order valence-corrected chi connectivity index (χ3v) is 2.57. The van der Waals surface area contributed by atoms with Gasteiger partial charge >= 0.3 is 0 Å². The molecule has 0 saturated heterocycles. The zero-order valence-electron chi connectivity index (χ0n) is 7.01. The fourth-order valence-electron chi connectivity index (χ4n) is 1.84. The second-order valence-corrected chi connectivity index (χ2v) is 3.78. The van der Waals surface area contributed by atoms with Crippen LogP contribution in [0.2, 0.25) is 0 Å². The Morgan fingerprint density at radius 1 is 1.20 bits per heavy atom. The molecule has 0 aromatic rings. The van der Waals surface area contributed by atoms with Crippen molar-refractivity contribution in [3.8, 4) is 0 Å². The number of hydrogen-bond acceptors (Lipinski definition) is 1. The summed E-state index contributed by atoms with van der Waals surface area (Å²) in [6.07, 6.45) is 5.11. The molecule has 0 heterocycles. The first-order chi connectivity index (χ1) is 4.72. The molecule has 0 aliphatic heterocycles. The van der Waals surface area contributed by atoms with Crippen LogP contribution >= 0.6 is 0 Å². The molecule has 0 bridgehead atoms. The van der Waals surface area contributed by atoms with Gasteiger partial charge in [0.25, 0.3) is 0 Å². The van der Waals surface area contributed by atoms with Crippen LogP contribution < -0.4 is 0 Å². The molecule has 1 rings (SSSR count). The van der Waals surface area contributed by atoms with E-state index in [1.165, 1.54) is 25.7 Å². The molecule has 1 heteroatoms. The summed E-state index contributed by atoms with van der Waals surface area (Å²) in [5.74, 6) is 1.06. The summed E-state index contributed by atoms with van der Waals surface area (Å²) in [5, 5.41) is 9.63. The third-order valence-electron chi connectivity index (χ3n) is 2.57. The number of rotatable bonds is 2. The Balaban J connectivity index is 2.32. The maximum atomic E-state index is 9.63. The molecule has 1 saturated carbocycles. The zero-order valence-corrected chi connectivity index (χ0v) is 7.01. The van der Waals surface area contributed by atoms with Crippen LogP contribution in [0.3, 0.4) is 0 Å². The highest BCUT2D eigenvalue weighted by molar-refractivity contribution is 4.76. The summed E-state index contributed by atoms with van der Waals surface area (Å²) in [5.41, 5.74) is 0. The standard InChI is InChI=1S/C9H18O/c1-7(2)9(10)8-5-3-4-6-8/h7-10H,3-6H2,1-2H3/t9-/m0/s1. The molecule has 0 radical (unpaired) electrons. The SMILES string of the molecule is CC(C)[C@H](O)C1CCCC1. The zero-order chi connectivity index (χ0) is 7.56. The van der Waals surface area contributed by atoms with Gasteiger partial charge in [0.2, 0.25) is 0 Å². The van der Waals surface area contributed by atoms with Crippen molar-refractivity contribution in [2.75, 3.05) is 0 Å². The maximum Gasteiger partial charge on any atom is 0.0591 e. The van der Waals surface area contributed by atoms with Gasteiger partial charge in [0.05, 0.1) is 6.10 Å². The Hall–Kier alpha value is -0.0400. The molecule has 60 valence electrons. The van der Waals surface area contributed by atoms with Crippen LogP contribution in [0.25, 0.3) is 0 Å². The lowest BCUT2D eigenvalue weighted by Crippen LogP contribution is -2.23. The van der Waals surface area contributed by atoms with E-state index in [-0.39, 0.29) is 6.10 Å². The molecule has 1 atom stereocenters. The third kappa shape index (κ3) is 1.72. The Morgan fingerprint density at radius 3 is 2.10 bits per heavy atom. The molecule has 0 aromatic heterocycles. The normalized spacial score (nSPS) is 24.0. The summed E-state index contributed by atoms with van der Waals surface area (Å²) in [6, 6.07) is 0. The molecule has 10 heavy (non-hydrogen) atoms. The second-order valence-electron chi connectivity index (χ2n) is 3.78. The first-order valence-corrected chi connectivity index (χ1v) is 4.40. The highest BCUT2D eigenvalue weighted by atomic mass is 16.3. The summed E-state index contributed by atoms with van der Waals surface area (Å²) >= 11 is 0. The fourth-order valence-corrected chi connectivity index (χ4v) is 1.84. The van der Waals surface area contributed by atoms with Crippen molar-refractivity contribution < 1.29 is 5.11 Å². The van der Waals surface area contributed by atoms with Gasteiger partial charge in [-0.15, -0.1) is 0 Å². The maximum absolute atomic E-state index is 9.63. The summed E-state index contributed by atoms with van der Waals surface area (Å²) in [4.78, 5) is 0. The van der Waals surface area contributed by atoms with E-state index < -0.39 is 0 Å². The largest absolute Gasteiger partial charge is 0.393 e. The van der Waals surface area contributed by atoms with Gasteiger partial charge in [-0.05, 0) is 24.7 Å². The van der Waals surface area contributed by atoms with Crippen molar-refractivity contribution in [2.45, 2.75) is 45.6 Å². The van der Waals surface area contributed by atoms with Gasteiger partial charge in [-0.25, -0.2) is 0 Å². The topological polar surface area (TPSA) is 20.2 Å². The highest BCUT2D eigenvalue weighted by Crippen LogP contribution is 2.30. The van der Waals surface area contributed by atoms with E-state index in [1.807, 2.05) is 0 Å². The number of aliphatic hydroxyl groups is 1. The average Bonchev–Trinajstić information content (AvgIpc) is 2.36. The lowest BCUT2D eigenvalue weighted by Gasteiger charge is -2.20. The molecule has 0 aromatic carbocycles. The van der Waals surface area contributed by atoms with Gasteiger partial charge in [0.15, 0.2) is 0 Å². The molecular formula is C9H18O. The van der Waals surface area contributed by atoms with Crippen LogP contribution in [-0.2, 0) is 0 Å². The molecule has 1 aliphatic carbocycles. The summed E-state index contributed by atoms with van der Waals surface area (Å²) in [7, 11) is 0. The van der Waals surface area contributed by atoms with Crippen LogP contribution in [0.1, 0.15) is 39.5 Å². The molecular weight excluding hydrogens is 124 g/mol. The van der Waals surface area contributed by atoms with E-state index in [1.54, 1.807) is 0 Å². The van der Waals surface area contributed by atoms with E-state index in [4.69, 9.17) is 0 Å². The second kappa shape index (κ2) is 3.38. The van der Waals surface area contributed by atoms with Gasteiger partial charge in [-0.3, -0.25) is 0 Å². The molecule has 0 amide bonds. The van der Waals surface area contributed by atoms with E-state index in [0.717, 1.165) is 0 Å². The molecule has 0 unspecified atom stereocenters. The Labute approximate surface area is 63.4 Å². The summed E-state index contributed by atoms with van der Waals surface area (Å²) in [6.45, 7) is 4.20. The van der Waals surface area contributed by atoms with Crippen LogP contribution in [0.15, 0.2) is 0 Å². The molecule has 1 nitrogen and oxygen atoms in total. The monoisotopic (exact) mass is 142 g/mol. The van der Waals surface area contributed by atoms with Crippen molar-refractivity contribution in [1.29, 1.82) is 0 Å². The van der Waals surface area contributed by atoms with Crippen LogP contribution in [0, 0.1) is 11.8 Å². The van der Waals surface area contributed by atoms with Crippen molar-refractivity contribution in [1.82, 2.24) is 0 Å². The Morgan fingerprint density at radius 2 is 1.70 bits per heavy atom. The fraction of sp³-hybridized carbons (Fsp3) is 1.00.